The quantitative estimate of drug-likeness (QED) is 0.615. The van der Waals surface area contributed by atoms with E-state index in [-0.39, 0.29) is 11.4 Å². The maximum atomic E-state index is 12.3. The van der Waals surface area contributed by atoms with Crippen LogP contribution in [0.3, 0.4) is 0 Å². The van der Waals surface area contributed by atoms with Crippen molar-refractivity contribution in [2.75, 3.05) is 0 Å². The second-order valence-electron chi connectivity index (χ2n) is 6.26. The van der Waals surface area contributed by atoms with Crippen molar-refractivity contribution in [1.29, 1.82) is 0 Å². The van der Waals surface area contributed by atoms with Crippen LogP contribution in [0.1, 0.15) is 70.6 Å². The van der Waals surface area contributed by atoms with Gasteiger partial charge in [0.15, 0.2) is 0 Å². The highest BCUT2D eigenvalue weighted by Crippen LogP contribution is 2.31. The molecule has 0 aromatic carbocycles. The van der Waals surface area contributed by atoms with Crippen LogP contribution < -0.4 is 11.1 Å². The Morgan fingerprint density at radius 3 is 2.21 bits per heavy atom. The molecule has 2 saturated carbocycles. The first-order valence-corrected chi connectivity index (χ1v) is 8.14. The lowest BCUT2D eigenvalue weighted by molar-refractivity contribution is -0.123. The molecule has 0 aromatic rings. The first kappa shape index (κ1) is 14.8. The summed E-state index contributed by atoms with van der Waals surface area (Å²) in [5.74, 6) is 0.717. The van der Waals surface area contributed by atoms with Crippen LogP contribution >= 0.6 is 12.2 Å². The van der Waals surface area contributed by atoms with Gasteiger partial charge in [-0.25, -0.2) is 0 Å². The van der Waals surface area contributed by atoms with Gasteiger partial charge in [-0.15, -0.1) is 0 Å². The minimum absolute atomic E-state index is 0.154. The van der Waals surface area contributed by atoms with E-state index in [0.717, 1.165) is 25.7 Å². The molecule has 0 bridgehead atoms. The summed E-state index contributed by atoms with van der Waals surface area (Å²) < 4.78 is 0. The first-order valence-electron chi connectivity index (χ1n) is 7.73. The molecule has 4 heteroatoms. The van der Waals surface area contributed by atoms with Gasteiger partial charge in [0, 0.05) is 6.42 Å². The Morgan fingerprint density at radius 1 is 1.11 bits per heavy atom. The van der Waals surface area contributed by atoms with E-state index < -0.39 is 0 Å². The van der Waals surface area contributed by atoms with Crippen LogP contribution in [0.15, 0.2) is 0 Å². The van der Waals surface area contributed by atoms with Gasteiger partial charge in [-0.1, -0.05) is 50.7 Å². The van der Waals surface area contributed by atoms with Gasteiger partial charge in [-0.2, -0.15) is 0 Å². The largest absolute Gasteiger partial charge is 0.391 e. The number of carbonyl (C=O) groups is 1. The van der Waals surface area contributed by atoms with E-state index >= 15 is 0 Å². The minimum atomic E-state index is -0.378. The summed E-state index contributed by atoms with van der Waals surface area (Å²) in [5, 5.41) is 3.15. The van der Waals surface area contributed by atoms with Crippen molar-refractivity contribution in [3.8, 4) is 0 Å². The van der Waals surface area contributed by atoms with Crippen LogP contribution in [0.5, 0.6) is 0 Å². The lowest BCUT2D eigenvalue weighted by Crippen LogP contribution is -2.55. The van der Waals surface area contributed by atoms with E-state index in [2.05, 4.69) is 5.32 Å². The average molecular weight is 282 g/mol. The predicted molar refractivity (Wildman–Crippen MR) is 81.9 cm³/mol. The fourth-order valence-electron chi connectivity index (χ4n) is 3.56. The molecule has 1 amide bonds. The lowest BCUT2D eigenvalue weighted by atomic mass is 9.93. The second-order valence-corrected chi connectivity index (χ2v) is 6.70. The maximum absolute atomic E-state index is 12.3. The molecule has 0 saturated heterocycles. The standard InChI is InChI=1S/C15H26N2OS/c16-14(19)15(9-5-6-10-15)17-13(18)11-12-7-3-1-2-4-8-12/h12H,1-11H2,(H2,16,19)(H,17,18). The molecule has 3 N–H and O–H groups in total. The van der Waals surface area contributed by atoms with Crippen molar-refractivity contribution >= 4 is 23.1 Å². The minimum Gasteiger partial charge on any atom is -0.391 e. The van der Waals surface area contributed by atoms with Crippen LogP contribution in [-0.2, 0) is 4.79 Å². The van der Waals surface area contributed by atoms with E-state index in [9.17, 15) is 4.79 Å². The van der Waals surface area contributed by atoms with E-state index in [1.807, 2.05) is 0 Å². The fourth-order valence-corrected chi connectivity index (χ4v) is 3.81. The van der Waals surface area contributed by atoms with Crippen molar-refractivity contribution in [1.82, 2.24) is 5.32 Å². The summed E-state index contributed by atoms with van der Waals surface area (Å²) in [6, 6.07) is 0. The van der Waals surface area contributed by atoms with E-state index in [1.54, 1.807) is 0 Å². The third-order valence-corrected chi connectivity index (χ3v) is 5.15. The number of nitrogens with one attached hydrogen (secondary N) is 1. The zero-order chi connectivity index (χ0) is 13.7. The molecule has 0 aromatic heterocycles. The van der Waals surface area contributed by atoms with Gasteiger partial charge in [0.1, 0.15) is 0 Å². The molecule has 0 heterocycles. The third-order valence-electron chi connectivity index (χ3n) is 4.76. The molecule has 108 valence electrons. The van der Waals surface area contributed by atoms with E-state index in [1.165, 1.54) is 38.5 Å². The van der Waals surface area contributed by atoms with Gasteiger partial charge in [0.05, 0.1) is 10.5 Å². The monoisotopic (exact) mass is 282 g/mol. The normalized spacial score (nSPS) is 23.8. The Balaban J connectivity index is 1.87. The van der Waals surface area contributed by atoms with Crippen LogP contribution in [0.2, 0.25) is 0 Å². The molecule has 3 nitrogen and oxygen atoms in total. The first-order chi connectivity index (χ1) is 9.12. The molecule has 0 aliphatic heterocycles. The smallest absolute Gasteiger partial charge is 0.221 e. The highest BCUT2D eigenvalue weighted by molar-refractivity contribution is 7.80. The van der Waals surface area contributed by atoms with Gasteiger partial charge in [0.25, 0.3) is 0 Å². The number of hydrogen-bond donors (Lipinski definition) is 2. The van der Waals surface area contributed by atoms with Crippen molar-refractivity contribution in [2.45, 2.75) is 76.2 Å². The fraction of sp³-hybridized carbons (Fsp3) is 0.867. The Kier molecular flexibility index (Phi) is 5.20. The molecule has 0 radical (unpaired) electrons. The van der Waals surface area contributed by atoms with Crippen LogP contribution in [-0.4, -0.2) is 16.4 Å². The van der Waals surface area contributed by atoms with Gasteiger partial charge >= 0.3 is 0 Å². The molecular formula is C15H26N2OS. The molecule has 2 aliphatic carbocycles. The number of carbonyl (C=O) groups excluding carboxylic acids is 1. The van der Waals surface area contributed by atoms with Crippen molar-refractivity contribution in [3.05, 3.63) is 0 Å². The zero-order valence-corrected chi connectivity index (χ0v) is 12.6. The van der Waals surface area contributed by atoms with Crippen LogP contribution in [0.4, 0.5) is 0 Å². The third kappa shape index (κ3) is 3.91. The highest BCUT2D eigenvalue weighted by Gasteiger charge is 2.38. The number of nitrogens with two attached hydrogens (primary N) is 1. The summed E-state index contributed by atoms with van der Waals surface area (Å²) in [6.45, 7) is 0. The molecular weight excluding hydrogens is 256 g/mol. The molecule has 0 atom stereocenters. The Labute approximate surface area is 121 Å². The summed E-state index contributed by atoms with van der Waals surface area (Å²) in [7, 11) is 0. The summed E-state index contributed by atoms with van der Waals surface area (Å²) in [6.07, 6.45) is 12.3. The summed E-state index contributed by atoms with van der Waals surface area (Å²) >= 11 is 5.17. The molecule has 19 heavy (non-hydrogen) atoms. The van der Waals surface area contributed by atoms with Gasteiger partial charge in [-0.05, 0) is 31.6 Å². The highest BCUT2D eigenvalue weighted by atomic mass is 32.1. The topological polar surface area (TPSA) is 55.1 Å². The van der Waals surface area contributed by atoms with Crippen molar-refractivity contribution in [2.24, 2.45) is 11.7 Å². The molecule has 0 spiro atoms. The van der Waals surface area contributed by atoms with Gasteiger partial charge < -0.3 is 11.1 Å². The van der Waals surface area contributed by atoms with Crippen LogP contribution in [0.25, 0.3) is 0 Å². The number of thiocarbonyl (C=S) groups is 1. The lowest BCUT2D eigenvalue weighted by Gasteiger charge is -2.30. The van der Waals surface area contributed by atoms with E-state index in [0.29, 0.717) is 17.3 Å². The van der Waals surface area contributed by atoms with Gasteiger partial charge in [-0.3, -0.25) is 4.79 Å². The predicted octanol–water partition coefficient (Wildman–Crippen LogP) is 3.06. The average Bonchev–Trinajstić information content (AvgIpc) is 2.68. The van der Waals surface area contributed by atoms with Crippen molar-refractivity contribution < 1.29 is 4.79 Å². The molecule has 2 aliphatic rings. The van der Waals surface area contributed by atoms with E-state index in [4.69, 9.17) is 18.0 Å². The maximum Gasteiger partial charge on any atom is 0.221 e. The van der Waals surface area contributed by atoms with Crippen LogP contribution in [0, 0.1) is 5.92 Å². The zero-order valence-electron chi connectivity index (χ0n) is 11.7. The molecule has 2 fully saturated rings. The van der Waals surface area contributed by atoms with Crippen molar-refractivity contribution in [3.63, 3.8) is 0 Å². The molecule has 0 unspecified atom stereocenters. The Hall–Kier alpha value is -0.640. The second kappa shape index (κ2) is 6.69. The Bertz CT molecular complexity index is 329. The summed E-state index contributed by atoms with van der Waals surface area (Å²) in [4.78, 5) is 12.7. The number of hydrogen-bond acceptors (Lipinski definition) is 2. The number of amides is 1. The summed E-state index contributed by atoms with van der Waals surface area (Å²) in [5.41, 5.74) is 5.48. The number of rotatable bonds is 4. The Morgan fingerprint density at radius 2 is 1.68 bits per heavy atom. The SMILES string of the molecule is NC(=S)C1(NC(=O)CC2CCCCCC2)CCCC1. The van der Waals surface area contributed by atoms with Gasteiger partial charge in [0.2, 0.25) is 5.91 Å². The molecule has 2 rings (SSSR count).